The van der Waals surface area contributed by atoms with Gasteiger partial charge in [0.1, 0.15) is 6.04 Å². The number of para-hydroxylation sites is 1. The molecule has 104 valence electrons. The van der Waals surface area contributed by atoms with Crippen molar-refractivity contribution in [2.75, 3.05) is 10.6 Å². The van der Waals surface area contributed by atoms with Crippen LogP contribution in [0.3, 0.4) is 0 Å². The number of anilines is 2. The van der Waals surface area contributed by atoms with Crippen molar-refractivity contribution in [1.29, 1.82) is 0 Å². The molecule has 2 aromatic rings. The molecule has 0 fully saturated rings. The fourth-order valence-corrected chi connectivity index (χ4v) is 2.08. The highest BCUT2D eigenvalue weighted by Gasteiger charge is 2.13. The number of benzene rings is 2. The lowest BCUT2D eigenvalue weighted by molar-refractivity contribution is -0.116. The van der Waals surface area contributed by atoms with Crippen LogP contribution in [0.2, 0.25) is 0 Å². The molecule has 3 nitrogen and oxygen atoms in total. The van der Waals surface area contributed by atoms with E-state index in [0.717, 1.165) is 21.4 Å². The minimum atomic E-state index is -0.309. The Morgan fingerprint density at radius 1 is 1.10 bits per heavy atom. The van der Waals surface area contributed by atoms with E-state index in [1.807, 2.05) is 62.4 Å². The topological polar surface area (TPSA) is 41.1 Å². The maximum Gasteiger partial charge on any atom is 0.246 e. The third-order valence-electron chi connectivity index (χ3n) is 3.02. The first-order valence-corrected chi connectivity index (χ1v) is 7.24. The molecule has 1 amide bonds. The third-order valence-corrected chi connectivity index (χ3v) is 3.55. The van der Waals surface area contributed by atoms with Crippen molar-refractivity contribution in [3.63, 3.8) is 0 Å². The largest absolute Gasteiger partial charge is 0.374 e. The van der Waals surface area contributed by atoms with Crippen LogP contribution >= 0.6 is 15.9 Å². The molecule has 0 saturated heterocycles. The summed E-state index contributed by atoms with van der Waals surface area (Å²) in [6.07, 6.45) is 0. The van der Waals surface area contributed by atoms with Gasteiger partial charge in [-0.15, -0.1) is 0 Å². The predicted molar refractivity (Wildman–Crippen MR) is 87.0 cm³/mol. The summed E-state index contributed by atoms with van der Waals surface area (Å²) in [4.78, 5) is 12.2. The lowest BCUT2D eigenvalue weighted by Crippen LogP contribution is -2.32. The maximum atomic E-state index is 12.2. The second-order valence-corrected chi connectivity index (χ2v) is 5.59. The van der Waals surface area contributed by atoms with Gasteiger partial charge in [-0.2, -0.15) is 0 Å². The van der Waals surface area contributed by atoms with Crippen LogP contribution in [0, 0.1) is 6.92 Å². The van der Waals surface area contributed by atoms with E-state index < -0.39 is 0 Å². The molecule has 0 bridgehead atoms. The molecule has 0 saturated carbocycles. The Labute approximate surface area is 127 Å². The normalized spacial score (nSPS) is 11.8. The molecule has 0 heterocycles. The van der Waals surface area contributed by atoms with E-state index in [2.05, 4.69) is 26.6 Å². The van der Waals surface area contributed by atoms with Crippen molar-refractivity contribution in [2.24, 2.45) is 0 Å². The number of rotatable bonds is 4. The van der Waals surface area contributed by atoms with Crippen LogP contribution in [0.4, 0.5) is 11.4 Å². The fraction of sp³-hybridized carbons (Fsp3) is 0.188. The van der Waals surface area contributed by atoms with Crippen LogP contribution in [-0.2, 0) is 4.79 Å². The van der Waals surface area contributed by atoms with E-state index in [0.29, 0.717) is 0 Å². The minimum Gasteiger partial charge on any atom is -0.374 e. The van der Waals surface area contributed by atoms with Gasteiger partial charge in [0.25, 0.3) is 0 Å². The van der Waals surface area contributed by atoms with Crippen molar-refractivity contribution in [3.05, 3.63) is 58.6 Å². The molecule has 0 radical (unpaired) electrons. The molecular weight excluding hydrogens is 316 g/mol. The van der Waals surface area contributed by atoms with Crippen LogP contribution in [-0.4, -0.2) is 11.9 Å². The highest BCUT2D eigenvalue weighted by molar-refractivity contribution is 9.10. The summed E-state index contributed by atoms with van der Waals surface area (Å²) in [7, 11) is 0. The van der Waals surface area contributed by atoms with Crippen molar-refractivity contribution in [3.8, 4) is 0 Å². The molecule has 2 aromatic carbocycles. The summed E-state index contributed by atoms with van der Waals surface area (Å²) in [5.74, 6) is -0.0535. The molecule has 1 unspecified atom stereocenters. The Balaban J connectivity index is 1.99. The number of nitrogens with one attached hydrogen (secondary N) is 2. The van der Waals surface area contributed by atoms with Crippen LogP contribution in [0.1, 0.15) is 12.5 Å². The predicted octanol–water partition coefficient (Wildman–Crippen LogP) is 4.20. The monoisotopic (exact) mass is 332 g/mol. The molecule has 4 heteroatoms. The van der Waals surface area contributed by atoms with Gasteiger partial charge in [-0.1, -0.05) is 34.1 Å². The first-order valence-electron chi connectivity index (χ1n) is 6.45. The van der Waals surface area contributed by atoms with Crippen LogP contribution < -0.4 is 10.6 Å². The summed E-state index contributed by atoms with van der Waals surface area (Å²) in [5, 5.41) is 6.11. The molecule has 0 aliphatic carbocycles. The minimum absolute atomic E-state index is 0.0535. The maximum absolute atomic E-state index is 12.2. The summed E-state index contributed by atoms with van der Waals surface area (Å²) >= 11 is 3.39. The molecule has 0 aromatic heterocycles. The molecule has 0 aliphatic heterocycles. The smallest absolute Gasteiger partial charge is 0.246 e. The highest BCUT2D eigenvalue weighted by Crippen LogP contribution is 2.16. The zero-order valence-corrected chi connectivity index (χ0v) is 13.1. The molecule has 1 atom stereocenters. The zero-order chi connectivity index (χ0) is 14.5. The standard InChI is InChI=1S/C16H17BrN2O/c1-11-5-3-4-6-15(11)19-16(20)12(2)18-14-9-7-13(17)8-10-14/h3-10,12,18H,1-2H3,(H,19,20). The Hall–Kier alpha value is -1.81. The Morgan fingerprint density at radius 2 is 1.75 bits per heavy atom. The van der Waals surface area contributed by atoms with E-state index in [1.54, 1.807) is 0 Å². The molecule has 2 rings (SSSR count). The van der Waals surface area contributed by atoms with Gasteiger partial charge in [-0.3, -0.25) is 4.79 Å². The quantitative estimate of drug-likeness (QED) is 0.881. The second kappa shape index (κ2) is 6.57. The SMILES string of the molecule is Cc1ccccc1NC(=O)C(C)Nc1ccc(Br)cc1. The van der Waals surface area contributed by atoms with E-state index in [9.17, 15) is 4.79 Å². The highest BCUT2D eigenvalue weighted by atomic mass is 79.9. The summed E-state index contributed by atoms with van der Waals surface area (Å²) in [6.45, 7) is 3.82. The number of carbonyl (C=O) groups is 1. The number of aryl methyl sites for hydroxylation is 1. The first kappa shape index (κ1) is 14.6. The van der Waals surface area contributed by atoms with E-state index in [1.165, 1.54) is 0 Å². The summed E-state index contributed by atoms with van der Waals surface area (Å²) in [5.41, 5.74) is 2.82. The zero-order valence-electron chi connectivity index (χ0n) is 11.5. The van der Waals surface area contributed by atoms with Gasteiger partial charge in [0.15, 0.2) is 0 Å². The Kier molecular flexibility index (Phi) is 4.79. The average Bonchev–Trinajstić information content (AvgIpc) is 2.44. The molecular formula is C16H17BrN2O. The fourth-order valence-electron chi connectivity index (χ4n) is 1.82. The van der Waals surface area contributed by atoms with Crippen molar-refractivity contribution in [2.45, 2.75) is 19.9 Å². The number of carbonyl (C=O) groups excluding carboxylic acids is 1. The van der Waals surface area contributed by atoms with Gasteiger partial charge in [0.2, 0.25) is 5.91 Å². The number of hydrogen-bond acceptors (Lipinski definition) is 2. The molecule has 0 spiro atoms. The van der Waals surface area contributed by atoms with Crippen molar-refractivity contribution < 1.29 is 4.79 Å². The van der Waals surface area contributed by atoms with Crippen molar-refractivity contribution in [1.82, 2.24) is 0 Å². The lowest BCUT2D eigenvalue weighted by Gasteiger charge is -2.16. The number of halogens is 1. The van der Waals surface area contributed by atoms with Crippen molar-refractivity contribution >= 4 is 33.2 Å². The van der Waals surface area contributed by atoms with Gasteiger partial charge in [0.05, 0.1) is 0 Å². The van der Waals surface area contributed by atoms with E-state index >= 15 is 0 Å². The molecule has 0 aliphatic rings. The first-order chi connectivity index (χ1) is 9.56. The molecule has 20 heavy (non-hydrogen) atoms. The lowest BCUT2D eigenvalue weighted by atomic mass is 10.2. The van der Waals surface area contributed by atoms with Gasteiger partial charge < -0.3 is 10.6 Å². The third kappa shape index (κ3) is 3.84. The van der Waals surface area contributed by atoms with E-state index in [4.69, 9.17) is 0 Å². The summed E-state index contributed by atoms with van der Waals surface area (Å²) in [6, 6.07) is 15.2. The molecule has 2 N–H and O–H groups in total. The Bertz CT molecular complexity index is 596. The summed E-state index contributed by atoms with van der Waals surface area (Å²) < 4.78 is 1.01. The van der Waals surface area contributed by atoms with Crippen LogP contribution in [0.25, 0.3) is 0 Å². The number of amides is 1. The van der Waals surface area contributed by atoms with Gasteiger partial charge >= 0.3 is 0 Å². The number of hydrogen-bond donors (Lipinski definition) is 2. The van der Waals surface area contributed by atoms with Gasteiger partial charge in [-0.05, 0) is 49.7 Å². The van der Waals surface area contributed by atoms with Crippen LogP contribution in [0.15, 0.2) is 53.0 Å². The average molecular weight is 333 g/mol. The van der Waals surface area contributed by atoms with E-state index in [-0.39, 0.29) is 11.9 Å². The second-order valence-electron chi connectivity index (χ2n) is 4.68. The van der Waals surface area contributed by atoms with Gasteiger partial charge in [-0.25, -0.2) is 0 Å². The van der Waals surface area contributed by atoms with Crippen LogP contribution in [0.5, 0.6) is 0 Å². The van der Waals surface area contributed by atoms with Gasteiger partial charge in [0, 0.05) is 15.8 Å². The Morgan fingerprint density at radius 3 is 2.40 bits per heavy atom.